The van der Waals surface area contributed by atoms with Crippen molar-refractivity contribution < 1.29 is 4.74 Å². The van der Waals surface area contributed by atoms with Gasteiger partial charge < -0.3 is 19.5 Å². The Labute approximate surface area is 247 Å². The summed E-state index contributed by atoms with van der Waals surface area (Å²) < 4.78 is 8.47. The quantitative estimate of drug-likeness (QED) is 0.212. The zero-order valence-electron chi connectivity index (χ0n) is 24.1. The van der Waals surface area contributed by atoms with Crippen molar-refractivity contribution >= 4 is 23.0 Å². The van der Waals surface area contributed by atoms with Gasteiger partial charge in [0.05, 0.1) is 17.8 Å². The lowest BCUT2D eigenvalue weighted by Gasteiger charge is -2.28. The van der Waals surface area contributed by atoms with Crippen LogP contribution in [0.25, 0.3) is 5.69 Å². The standard InChI is InChI=1S/C35H34N4OS/c1-22-10-15-28(16-11-22)40-29-17-13-27(14-18-29)39-34(33(37-35(39)41)31-8-6-7-19-36-31)30-21-25(4)38(26(30)5)32-20-23(2)9-12-24(32)3/h6-21,33-34H,1-5H3,(H,37,41). The molecule has 2 atom stereocenters. The first-order chi connectivity index (χ1) is 19.8. The number of aryl methyl sites for hydroxylation is 4. The van der Waals surface area contributed by atoms with Crippen LogP contribution in [0.1, 0.15) is 51.4 Å². The summed E-state index contributed by atoms with van der Waals surface area (Å²) in [6.45, 7) is 10.8. The fourth-order valence-electron chi connectivity index (χ4n) is 5.78. The third kappa shape index (κ3) is 5.11. The highest BCUT2D eigenvalue weighted by Crippen LogP contribution is 2.44. The van der Waals surface area contributed by atoms with Crippen LogP contribution in [0.4, 0.5) is 5.69 Å². The average Bonchev–Trinajstić information content (AvgIpc) is 3.47. The third-order valence-corrected chi connectivity index (χ3v) is 8.18. The molecule has 206 valence electrons. The number of rotatable bonds is 6. The number of thiocarbonyl (C=S) groups is 1. The van der Waals surface area contributed by atoms with Gasteiger partial charge in [-0.15, -0.1) is 0 Å². The van der Waals surface area contributed by atoms with Gasteiger partial charge in [-0.1, -0.05) is 35.9 Å². The van der Waals surface area contributed by atoms with Gasteiger partial charge in [-0.2, -0.15) is 0 Å². The molecule has 0 spiro atoms. The molecule has 0 bridgehead atoms. The van der Waals surface area contributed by atoms with E-state index in [-0.39, 0.29) is 12.1 Å². The van der Waals surface area contributed by atoms with Crippen molar-refractivity contribution in [1.29, 1.82) is 0 Å². The first-order valence-electron chi connectivity index (χ1n) is 13.9. The van der Waals surface area contributed by atoms with Crippen LogP contribution in [-0.2, 0) is 0 Å². The summed E-state index contributed by atoms with van der Waals surface area (Å²) in [5.41, 5.74) is 10.4. The van der Waals surface area contributed by atoms with E-state index in [0.29, 0.717) is 5.11 Å². The molecule has 3 heterocycles. The van der Waals surface area contributed by atoms with Crippen LogP contribution in [0.5, 0.6) is 11.5 Å². The van der Waals surface area contributed by atoms with E-state index in [0.717, 1.165) is 22.9 Å². The lowest BCUT2D eigenvalue weighted by molar-refractivity contribution is 0.482. The third-order valence-electron chi connectivity index (χ3n) is 7.86. The van der Waals surface area contributed by atoms with Crippen LogP contribution in [0.15, 0.2) is 97.2 Å². The molecule has 0 amide bonds. The van der Waals surface area contributed by atoms with E-state index in [1.807, 2.05) is 42.6 Å². The Balaban J connectivity index is 1.42. The Morgan fingerprint density at radius 1 is 0.780 bits per heavy atom. The van der Waals surface area contributed by atoms with E-state index < -0.39 is 0 Å². The Morgan fingerprint density at radius 3 is 2.15 bits per heavy atom. The fraction of sp³-hybridized carbons (Fsp3) is 0.200. The van der Waals surface area contributed by atoms with Crippen LogP contribution in [-0.4, -0.2) is 14.7 Å². The number of hydrogen-bond acceptors (Lipinski definition) is 3. The van der Waals surface area contributed by atoms with Gasteiger partial charge in [0.2, 0.25) is 0 Å². The summed E-state index contributed by atoms with van der Waals surface area (Å²) in [6.07, 6.45) is 1.84. The molecule has 5 aromatic rings. The van der Waals surface area contributed by atoms with Crippen molar-refractivity contribution in [3.8, 4) is 17.2 Å². The minimum absolute atomic E-state index is 0.0914. The molecule has 6 heteroatoms. The number of ether oxygens (including phenoxy) is 1. The zero-order chi connectivity index (χ0) is 28.7. The number of hydrogen-bond donors (Lipinski definition) is 1. The summed E-state index contributed by atoms with van der Waals surface area (Å²) in [6, 6.07) is 31.0. The van der Waals surface area contributed by atoms with E-state index in [1.165, 1.54) is 39.3 Å². The first-order valence-corrected chi connectivity index (χ1v) is 14.3. The average molecular weight is 559 g/mol. The number of nitrogens with one attached hydrogen (secondary N) is 1. The topological polar surface area (TPSA) is 42.3 Å². The van der Waals surface area contributed by atoms with Gasteiger partial charge in [0, 0.05) is 29.0 Å². The van der Waals surface area contributed by atoms with Crippen LogP contribution >= 0.6 is 12.2 Å². The molecular formula is C35H34N4OS. The molecule has 41 heavy (non-hydrogen) atoms. The van der Waals surface area contributed by atoms with Gasteiger partial charge in [-0.25, -0.2) is 0 Å². The molecule has 1 aliphatic rings. The minimum Gasteiger partial charge on any atom is -0.457 e. The lowest BCUT2D eigenvalue weighted by Crippen LogP contribution is -2.29. The van der Waals surface area contributed by atoms with Crippen molar-refractivity contribution in [2.75, 3.05) is 4.90 Å². The Kier molecular flexibility index (Phi) is 7.10. The summed E-state index contributed by atoms with van der Waals surface area (Å²) in [5.74, 6) is 1.59. The number of nitrogens with zero attached hydrogens (tertiary/aromatic N) is 3. The Bertz CT molecular complexity index is 1710. The molecule has 1 aliphatic heterocycles. The van der Waals surface area contributed by atoms with Crippen LogP contribution < -0.4 is 15.0 Å². The monoisotopic (exact) mass is 558 g/mol. The van der Waals surface area contributed by atoms with E-state index in [1.54, 1.807) is 0 Å². The molecule has 2 aromatic heterocycles. The second-order valence-electron chi connectivity index (χ2n) is 10.9. The van der Waals surface area contributed by atoms with Crippen molar-refractivity contribution in [1.82, 2.24) is 14.9 Å². The number of anilines is 1. The van der Waals surface area contributed by atoms with Crippen molar-refractivity contribution in [2.24, 2.45) is 0 Å². The van der Waals surface area contributed by atoms with Gasteiger partial charge in [0.15, 0.2) is 5.11 Å². The van der Waals surface area contributed by atoms with Crippen molar-refractivity contribution in [2.45, 2.75) is 46.7 Å². The van der Waals surface area contributed by atoms with Crippen LogP contribution in [0, 0.1) is 34.6 Å². The van der Waals surface area contributed by atoms with E-state index in [9.17, 15) is 0 Å². The zero-order valence-corrected chi connectivity index (χ0v) is 24.9. The Morgan fingerprint density at radius 2 is 1.46 bits per heavy atom. The van der Waals surface area contributed by atoms with Gasteiger partial charge in [-0.3, -0.25) is 4.98 Å². The van der Waals surface area contributed by atoms with Gasteiger partial charge >= 0.3 is 0 Å². The molecule has 0 aliphatic carbocycles. The number of benzene rings is 3. The summed E-state index contributed by atoms with van der Waals surface area (Å²) in [4.78, 5) is 6.96. The smallest absolute Gasteiger partial charge is 0.174 e. The molecule has 2 unspecified atom stereocenters. The van der Waals surface area contributed by atoms with E-state index in [4.69, 9.17) is 21.9 Å². The molecule has 3 aromatic carbocycles. The summed E-state index contributed by atoms with van der Waals surface area (Å²) in [5, 5.41) is 4.27. The molecule has 1 saturated heterocycles. The van der Waals surface area contributed by atoms with Crippen molar-refractivity contribution in [3.05, 3.63) is 137 Å². The molecule has 1 fully saturated rings. The second kappa shape index (κ2) is 10.9. The Hall–Kier alpha value is -4.42. The molecule has 5 nitrogen and oxygen atoms in total. The minimum atomic E-state index is -0.111. The normalized spacial score (nSPS) is 16.6. The lowest BCUT2D eigenvalue weighted by atomic mass is 9.96. The summed E-state index contributed by atoms with van der Waals surface area (Å²) >= 11 is 5.99. The molecule has 0 radical (unpaired) electrons. The first kappa shape index (κ1) is 26.8. The molecule has 1 N–H and O–H groups in total. The van der Waals surface area contributed by atoms with Crippen LogP contribution in [0.2, 0.25) is 0 Å². The van der Waals surface area contributed by atoms with E-state index >= 15 is 0 Å². The van der Waals surface area contributed by atoms with Crippen LogP contribution in [0.3, 0.4) is 0 Å². The predicted molar refractivity (Wildman–Crippen MR) is 170 cm³/mol. The SMILES string of the molecule is Cc1ccc(Oc2ccc(N3C(=S)NC(c4ccccn4)C3c3cc(C)n(-c4cc(C)ccc4C)c3C)cc2)cc1. The number of pyridine rings is 1. The van der Waals surface area contributed by atoms with E-state index in [2.05, 4.69) is 104 Å². The number of aromatic nitrogens is 2. The maximum atomic E-state index is 6.11. The second-order valence-corrected chi connectivity index (χ2v) is 11.2. The van der Waals surface area contributed by atoms with Gasteiger partial charge in [0.1, 0.15) is 11.5 Å². The predicted octanol–water partition coefficient (Wildman–Crippen LogP) is 8.38. The highest BCUT2D eigenvalue weighted by atomic mass is 32.1. The largest absolute Gasteiger partial charge is 0.457 e. The highest BCUT2D eigenvalue weighted by molar-refractivity contribution is 7.80. The molecule has 6 rings (SSSR count). The maximum Gasteiger partial charge on any atom is 0.174 e. The fourth-order valence-corrected chi connectivity index (χ4v) is 6.13. The van der Waals surface area contributed by atoms with Gasteiger partial charge in [-0.05, 0) is 124 Å². The molecule has 0 saturated carbocycles. The molecular weight excluding hydrogens is 524 g/mol. The van der Waals surface area contributed by atoms with Gasteiger partial charge in [0.25, 0.3) is 0 Å². The maximum absolute atomic E-state index is 6.11. The van der Waals surface area contributed by atoms with Crippen molar-refractivity contribution in [3.63, 3.8) is 0 Å². The highest BCUT2D eigenvalue weighted by Gasteiger charge is 2.42. The summed E-state index contributed by atoms with van der Waals surface area (Å²) in [7, 11) is 0.